The Balaban J connectivity index is 1.95. The maximum atomic E-state index is 5.97. The molecule has 0 aromatic carbocycles. The fraction of sp³-hybridized carbons (Fsp3) is 0.545. The Kier molecular flexibility index (Phi) is 2.85. The highest BCUT2D eigenvalue weighted by Gasteiger charge is 2.31. The van der Waals surface area contributed by atoms with Crippen LogP contribution in [0.15, 0.2) is 12.7 Å². The molecule has 2 aromatic heterocycles. The number of hydrogen-bond donors (Lipinski definition) is 0. The lowest BCUT2D eigenvalue weighted by Gasteiger charge is -2.19. The van der Waals surface area contributed by atoms with E-state index in [-0.39, 0.29) is 10.7 Å². The summed E-state index contributed by atoms with van der Waals surface area (Å²) in [7, 11) is 0. The molecule has 19 heavy (non-hydrogen) atoms. The predicted octanol–water partition coefficient (Wildman–Crippen LogP) is 1.34. The average molecular weight is 280 g/mol. The van der Waals surface area contributed by atoms with Gasteiger partial charge in [0.25, 0.3) is 5.95 Å². The summed E-state index contributed by atoms with van der Waals surface area (Å²) in [5.41, 5.74) is 0.270. The zero-order valence-corrected chi connectivity index (χ0v) is 11.5. The lowest BCUT2D eigenvalue weighted by atomic mass is 9.93. The van der Waals surface area contributed by atoms with Crippen LogP contribution in [0.1, 0.15) is 20.3 Å². The second-order valence-electron chi connectivity index (χ2n) is 5.38. The van der Waals surface area contributed by atoms with E-state index in [1.165, 1.54) is 17.3 Å². The molecule has 0 saturated carbocycles. The van der Waals surface area contributed by atoms with Crippen molar-refractivity contribution in [3.63, 3.8) is 0 Å². The van der Waals surface area contributed by atoms with Crippen molar-refractivity contribution in [1.29, 1.82) is 0 Å². The highest BCUT2D eigenvalue weighted by molar-refractivity contribution is 6.28. The molecule has 0 bridgehead atoms. The first-order valence-electron chi connectivity index (χ1n) is 6.05. The van der Waals surface area contributed by atoms with Crippen LogP contribution in [0.3, 0.4) is 0 Å². The molecule has 3 heterocycles. The fourth-order valence-electron chi connectivity index (χ4n) is 2.17. The Labute approximate surface area is 115 Å². The summed E-state index contributed by atoms with van der Waals surface area (Å²) >= 11 is 5.97. The van der Waals surface area contributed by atoms with Crippen molar-refractivity contribution in [3.05, 3.63) is 17.9 Å². The molecule has 8 heteroatoms. The molecular weight excluding hydrogens is 266 g/mol. The number of aromatic nitrogens is 6. The summed E-state index contributed by atoms with van der Waals surface area (Å²) in [5, 5.41) is 4.17. The molecule has 2 aromatic rings. The topological polar surface area (TPSA) is 72.6 Å². The van der Waals surface area contributed by atoms with Crippen LogP contribution >= 0.6 is 11.6 Å². The number of rotatable bonds is 2. The van der Waals surface area contributed by atoms with Gasteiger partial charge in [0.05, 0.1) is 0 Å². The molecule has 0 N–H and O–H groups in total. The molecule has 0 radical (unpaired) electrons. The molecule has 0 amide bonds. The third kappa shape index (κ3) is 2.51. The van der Waals surface area contributed by atoms with Gasteiger partial charge in [-0.1, -0.05) is 13.8 Å². The Morgan fingerprint density at radius 2 is 2.00 bits per heavy atom. The second-order valence-corrected chi connectivity index (χ2v) is 5.72. The van der Waals surface area contributed by atoms with Gasteiger partial charge in [0.15, 0.2) is 0 Å². The first-order valence-corrected chi connectivity index (χ1v) is 6.43. The normalized spacial score (nSPS) is 17.9. The van der Waals surface area contributed by atoms with Crippen LogP contribution in [0, 0.1) is 5.41 Å². The van der Waals surface area contributed by atoms with Gasteiger partial charge in [0.2, 0.25) is 11.2 Å². The summed E-state index contributed by atoms with van der Waals surface area (Å²) in [6.45, 7) is 6.29. The summed E-state index contributed by atoms with van der Waals surface area (Å²) in [6.07, 6.45) is 4.06. The predicted molar refractivity (Wildman–Crippen MR) is 70.4 cm³/mol. The van der Waals surface area contributed by atoms with E-state index in [0.29, 0.717) is 11.9 Å². The van der Waals surface area contributed by atoms with Crippen LogP contribution in [0.5, 0.6) is 0 Å². The summed E-state index contributed by atoms with van der Waals surface area (Å²) in [5.74, 6) is 0.980. The Morgan fingerprint density at radius 1 is 1.21 bits per heavy atom. The molecule has 1 aliphatic heterocycles. The third-order valence-electron chi connectivity index (χ3n) is 3.17. The minimum absolute atomic E-state index is 0.167. The fourth-order valence-corrected chi connectivity index (χ4v) is 2.32. The van der Waals surface area contributed by atoms with E-state index in [0.717, 1.165) is 19.5 Å². The van der Waals surface area contributed by atoms with Crippen molar-refractivity contribution in [2.45, 2.75) is 20.3 Å². The molecule has 0 atom stereocenters. The molecule has 1 saturated heterocycles. The number of anilines is 1. The molecule has 0 spiro atoms. The Morgan fingerprint density at radius 3 is 2.63 bits per heavy atom. The lowest BCUT2D eigenvalue weighted by Crippen LogP contribution is -2.25. The van der Waals surface area contributed by atoms with Crippen LogP contribution in [0.25, 0.3) is 5.95 Å². The lowest BCUT2D eigenvalue weighted by molar-refractivity contribution is 0.418. The molecule has 3 rings (SSSR count). The molecule has 0 unspecified atom stereocenters. The van der Waals surface area contributed by atoms with E-state index in [1.54, 1.807) is 0 Å². The van der Waals surface area contributed by atoms with Crippen molar-refractivity contribution in [1.82, 2.24) is 29.7 Å². The maximum Gasteiger partial charge on any atom is 0.258 e. The first-order chi connectivity index (χ1) is 9.03. The molecule has 1 aliphatic rings. The van der Waals surface area contributed by atoms with E-state index in [2.05, 4.69) is 43.8 Å². The van der Waals surface area contributed by atoms with E-state index in [9.17, 15) is 0 Å². The van der Waals surface area contributed by atoms with Crippen LogP contribution in [-0.4, -0.2) is 42.8 Å². The van der Waals surface area contributed by atoms with E-state index in [4.69, 9.17) is 11.6 Å². The summed E-state index contributed by atoms with van der Waals surface area (Å²) in [4.78, 5) is 18.7. The van der Waals surface area contributed by atoms with Crippen LogP contribution in [0.2, 0.25) is 5.28 Å². The smallest absolute Gasteiger partial charge is 0.258 e. The maximum absolute atomic E-state index is 5.97. The van der Waals surface area contributed by atoms with Gasteiger partial charge in [0, 0.05) is 13.1 Å². The van der Waals surface area contributed by atoms with Crippen molar-refractivity contribution < 1.29 is 0 Å². The highest BCUT2D eigenvalue weighted by Crippen LogP contribution is 2.31. The number of nitrogens with zero attached hydrogens (tertiary/aromatic N) is 7. The third-order valence-corrected chi connectivity index (χ3v) is 3.34. The van der Waals surface area contributed by atoms with Crippen LogP contribution in [0.4, 0.5) is 5.95 Å². The Bertz CT molecular complexity index is 581. The zero-order chi connectivity index (χ0) is 13.5. The average Bonchev–Trinajstić information content (AvgIpc) is 2.97. The SMILES string of the molecule is CC1(C)CCN(c2nc(Cl)nc(-n3cncn3)n2)C1. The van der Waals surface area contributed by atoms with Gasteiger partial charge in [0.1, 0.15) is 12.7 Å². The Hall–Kier alpha value is -1.76. The monoisotopic (exact) mass is 279 g/mol. The number of halogens is 1. The summed E-state index contributed by atoms with van der Waals surface area (Å²) in [6, 6.07) is 0. The standard InChI is InChI=1S/C11H14ClN7/c1-11(2)3-4-18(5-11)9-15-8(12)16-10(17-9)19-7-13-6-14-19/h6-7H,3-5H2,1-2H3. The van der Waals surface area contributed by atoms with Gasteiger partial charge in [-0.15, -0.1) is 0 Å². The van der Waals surface area contributed by atoms with E-state index in [1.807, 2.05) is 0 Å². The van der Waals surface area contributed by atoms with Gasteiger partial charge in [-0.05, 0) is 23.4 Å². The van der Waals surface area contributed by atoms with Crippen LogP contribution in [-0.2, 0) is 0 Å². The van der Waals surface area contributed by atoms with E-state index >= 15 is 0 Å². The molecular formula is C11H14ClN7. The van der Waals surface area contributed by atoms with Crippen molar-refractivity contribution >= 4 is 17.5 Å². The number of hydrogen-bond acceptors (Lipinski definition) is 6. The van der Waals surface area contributed by atoms with E-state index < -0.39 is 0 Å². The zero-order valence-electron chi connectivity index (χ0n) is 10.8. The van der Waals surface area contributed by atoms with Gasteiger partial charge < -0.3 is 4.90 Å². The molecule has 0 aliphatic carbocycles. The molecule has 100 valence electrons. The van der Waals surface area contributed by atoms with Crippen LogP contribution < -0.4 is 4.90 Å². The summed E-state index contributed by atoms with van der Waals surface area (Å²) < 4.78 is 1.47. The van der Waals surface area contributed by atoms with Gasteiger partial charge in [-0.3, -0.25) is 0 Å². The van der Waals surface area contributed by atoms with Crippen molar-refractivity contribution in [2.75, 3.05) is 18.0 Å². The van der Waals surface area contributed by atoms with Crippen molar-refractivity contribution in [2.24, 2.45) is 5.41 Å². The molecule has 1 fully saturated rings. The highest BCUT2D eigenvalue weighted by atomic mass is 35.5. The minimum Gasteiger partial charge on any atom is -0.340 e. The second kappa shape index (κ2) is 4.41. The minimum atomic E-state index is 0.167. The van der Waals surface area contributed by atoms with Gasteiger partial charge in [-0.2, -0.15) is 24.7 Å². The largest absolute Gasteiger partial charge is 0.340 e. The van der Waals surface area contributed by atoms with Crippen molar-refractivity contribution in [3.8, 4) is 5.95 Å². The van der Waals surface area contributed by atoms with Gasteiger partial charge in [-0.25, -0.2) is 4.98 Å². The van der Waals surface area contributed by atoms with Gasteiger partial charge >= 0.3 is 0 Å². The molecule has 7 nitrogen and oxygen atoms in total. The first kappa shape index (κ1) is 12.3. The quantitative estimate of drug-likeness (QED) is 0.826.